The summed E-state index contributed by atoms with van der Waals surface area (Å²) in [6.07, 6.45) is 1.54. The van der Waals surface area contributed by atoms with Crippen molar-refractivity contribution in [1.82, 2.24) is 5.16 Å². The Labute approximate surface area is 97.9 Å². The lowest BCUT2D eigenvalue weighted by molar-refractivity contribution is 0.415. The van der Waals surface area contributed by atoms with Gasteiger partial charge < -0.3 is 15.0 Å². The fourth-order valence-corrected chi connectivity index (χ4v) is 1.82. The topological polar surface area (TPSA) is 61.3 Å². The zero-order valence-corrected chi connectivity index (χ0v) is 9.71. The molecule has 0 amide bonds. The molecule has 0 aliphatic carbocycles. The predicted molar refractivity (Wildman–Crippen MR) is 62.7 cm³/mol. The van der Waals surface area contributed by atoms with Crippen LogP contribution in [0.25, 0.3) is 11.1 Å². The van der Waals surface area contributed by atoms with Crippen LogP contribution in [-0.2, 0) is 0 Å². The van der Waals surface area contributed by atoms with Gasteiger partial charge in [0.25, 0.3) is 0 Å². The van der Waals surface area contributed by atoms with Crippen molar-refractivity contribution in [3.05, 3.63) is 28.9 Å². The van der Waals surface area contributed by atoms with E-state index in [0.29, 0.717) is 16.3 Å². The van der Waals surface area contributed by atoms with E-state index in [9.17, 15) is 0 Å². The Balaban J connectivity index is 2.65. The molecule has 0 atom stereocenters. The van der Waals surface area contributed by atoms with Gasteiger partial charge in [0.1, 0.15) is 5.75 Å². The molecule has 0 aliphatic heterocycles. The van der Waals surface area contributed by atoms with Crippen LogP contribution in [0, 0.1) is 6.92 Å². The molecule has 1 heterocycles. The Morgan fingerprint density at radius 1 is 1.38 bits per heavy atom. The molecule has 2 aromatic rings. The first-order valence-corrected chi connectivity index (χ1v) is 5.06. The first kappa shape index (κ1) is 10.8. The number of nitrogens with two attached hydrogens (primary N) is 1. The fraction of sp³-hybridized carbons (Fsp3) is 0.182. The summed E-state index contributed by atoms with van der Waals surface area (Å²) in [5.41, 5.74) is 8.11. The van der Waals surface area contributed by atoms with Crippen molar-refractivity contribution in [3.63, 3.8) is 0 Å². The minimum absolute atomic E-state index is 0.245. The van der Waals surface area contributed by atoms with Crippen molar-refractivity contribution < 1.29 is 9.26 Å². The number of methoxy groups -OCH3 is 1. The number of hydrogen-bond acceptors (Lipinski definition) is 4. The molecule has 5 heteroatoms. The van der Waals surface area contributed by atoms with Crippen LogP contribution in [0.1, 0.15) is 5.56 Å². The van der Waals surface area contributed by atoms with E-state index in [2.05, 4.69) is 5.16 Å². The van der Waals surface area contributed by atoms with E-state index in [1.54, 1.807) is 7.11 Å². The van der Waals surface area contributed by atoms with E-state index < -0.39 is 0 Å². The maximum atomic E-state index is 6.19. The van der Waals surface area contributed by atoms with Gasteiger partial charge in [-0.3, -0.25) is 0 Å². The zero-order valence-electron chi connectivity index (χ0n) is 8.95. The number of rotatable bonds is 2. The Morgan fingerprint density at radius 2 is 2.12 bits per heavy atom. The quantitative estimate of drug-likeness (QED) is 0.874. The van der Waals surface area contributed by atoms with E-state index in [1.165, 1.54) is 6.20 Å². The average molecular weight is 239 g/mol. The normalized spacial score (nSPS) is 10.4. The number of anilines is 1. The van der Waals surface area contributed by atoms with Crippen LogP contribution in [0.3, 0.4) is 0 Å². The first-order chi connectivity index (χ1) is 7.63. The highest BCUT2D eigenvalue weighted by molar-refractivity contribution is 6.35. The van der Waals surface area contributed by atoms with Gasteiger partial charge in [-0.2, -0.15) is 0 Å². The number of benzene rings is 1. The molecule has 0 fully saturated rings. The summed E-state index contributed by atoms with van der Waals surface area (Å²) < 4.78 is 10.00. The summed E-state index contributed by atoms with van der Waals surface area (Å²) in [5, 5.41) is 4.13. The Morgan fingerprint density at radius 3 is 2.69 bits per heavy atom. The fourth-order valence-electron chi connectivity index (χ4n) is 1.53. The number of nitrogens with zero attached hydrogens (tertiary/aromatic N) is 1. The van der Waals surface area contributed by atoms with Gasteiger partial charge in [-0.05, 0) is 24.6 Å². The van der Waals surface area contributed by atoms with Gasteiger partial charge in [-0.25, -0.2) is 0 Å². The van der Waals surface area contributed by atoms with Gasteiger partial charge in [0.15, 0.2) is 0 Å². The highest BCUT2D eigenvalue weighted by atomic mass is 35.5. The predicted octanol–water partition coefficient (Wildman–Crippen LogP) is 2.89. The highest BCUT2D eigenvalue weighted by Gasteiger charge is 2.14. The van der Waals surface area contributed by atoms with E-state index in [4.69, 9.17) is 26.6 Å². The van der Waals surface area contributed by atoms with Crippen molar-refractivity contribution >= 4 is 17.5 Å². The van der Waals surface area contributed by atoms with Gasteiger partial charge in [0.2, 0.25) is 5.88 Å². The smallest absolute Gasteiger partial charge is 0.230 e. The Bertz CT molecular complexity index is 523. The molecule has 84 valence electrons. The lowest BCUT2D eigenvalue weighted by atomic mass is 10.1. The summed E-state index contributed by atoms with van der Waals surface area (Å²) in [4.78, 5) is 0. The molecule has 0 spiro atoms. The van der Waals surface area contributed by atoms with Crippen molar-refractivity contribution in [2.75, 3.05) is 12.8 Å². The molecule has 0 saturated carbocycles. The third-order valence-electron chi connectivity index (χ3n) is 2.29. The number of ether oxygens (including phenoxy) is 1. The summed E-state index contributed by atoms with van der Waals surface area (Å²) in [6, 6.07) is 3.77. The van der Waals surface area contributed by atoms with E-state index >= 15 is 0 Å². The molecule has 0 aliphatic rings. The molecule has 1 aromatic heterocycles. The molecule has 0 radical (unpaired) electrons. The Hall–Kier alpha value is -1.68. The van der Waals surface area contributed by atoms with Crippen molar-refractivity contribution in [2.24, 2.45) is 0 Å². The number of hydrogen-bond donors (Lipinski definition) is 1. The number of aryl methyl sites for hydroxylation is 1. The maximum absolute atomic E-state index is 6.19. The SMILES string of the molecule is COc1cc(C)cc(-c2cnoc2N)c1Cl. The minimum Gasteiger partial charge on any atom is -0.495 e. The minimum atomic E-state index is 0.245. The summed E-state index contributed by atoms with van der Waals surface area (Å²) in [7, 11) is 1.57. The van der Waals surface area contributed by atoms with Gasteiger partial charge in [-0.1, -0.05) is 16.8 Å². The van der Waals surface area contributed by atoms with Crippen LogP contribution in [-0.4, -0.2) is 12.3 Å². The average Bonchev–Trinajstić information content (AvgIpc) is 2.67. The number of halogens is 1. The molecule has 1 aromatic carbocycles. The Kier molecular flexibility index (Phi) is 2.75. The largest absolute Gasteiger partial charge is 0.495 e. The molecule has 2 rings (SSSR count). The van der Waals surface area contributed by atoms with Crippen LogP contribution >= 0.6 is 11.6 Å². The van der Waals surface area contributed by atoms with Crippen LogP contribution in [0.5, 0.6) is 5.75 Å². The first-order valence-electron chi connectivity index (χ1n) is 4.68. The van der Waals surface area contributed by atoms with Gasteiger partial charge in [-0.15, -0.1) is 0 Å². The summed E-state index contributed by atoms with van der Waals surface area (Å²) in [5.74, 6) is 0.854. The number of aromatic nitrogens is 1. The van der Waals surface area contributed by atoms with Crippen LogP contribution in [0.4, 0.5) is 5.88 Å². The molecule has 2 N–H and O–H groups in total. The van der Waals surface area contributed by atoms with E-state index in [-0.39, 0.29) is 5.88 Å². The summed E-state index contributed by atoms with van der Waals surface area (Å²) in [6.45, 7) is 1.95. The molecular weight excluding hydrogens is 228 g/mol. The highest BCUT2D eigenvalue weighted by Crippen LogP contribution is 2.38. The van der Waals surface area contributed by atoms with Crippen LogP contribution < -0.4 is 10.5 Å². The molecule has 0 saturated heterocycles. The van der Waals surface area contributed by atoms with Gasteiger partial charge >= 0.3 is 0 Å². The zero-order chi connectivity index (χ0) is 11.7. The second-order valence-corrected chi connectivity index (χ2v) is 3.81. The monoisotopic (exact) mass is 238 g/mol. The second kappa shape index (κ2) is 4.06. The molecule has 16 heavy (non-hydrogen) atoms. The lowest BCUT2D eigenvalue weighted by Crippen LogP contribution is -1.91. The second-order valence-electron chi connectivity index (χ2n) is 3.43. The van der Waals surface area contributed by atoms with Crippen LogP contribution in [0.15, 0.2) is 22.9 Å². The van der Waals surface area contributed by atoms with E-state index in [1.807, 2.05) is 19.1 Å². The van der Waals surface area contributed by atoms with Gasteiger partial charge in [0, 0.05) is 5.56 Å². The van der Waals surface area contributed by atoms with Crippen molar-refractivity contribution in [2.45, 2.75) is 6.92 Å². The standard InChI is InChI=1S/C11H11ClN2O2/c1-6-3-7(8-5-14-16-11(8)13)10(12)9(4-6)15-2/h3-5H,13H2,1-2H3. The van der Waals surface area contributed by atoms with Crippen molar-refractivity contribution in [1.29, 1.82) is 0 Å². The molecule has 0 unspecified atom stereocenters. The molecule has 4 nitrogen and oxygen atoms in total. The lowest BCUT2D eigenvalue weighted by Gasteiger charge is -2.09. The third-order valence-corrected chi connectivity index (χ3v) is 2.68. The maximum Gasteiger partial charge on any atom is 0.230 e. The molecular formula is C11H11ClN2O2. The van der Waals surface area contributed by atoms with E-state index in [0.717, 1.165) is 11.1 Å². The van der Waals surface area contributed by atoms with Gasteiger partial charge in [0.05, 0.1) is 23.9 Å². The summed E-state index contributed by atoms with van der Waals surface area (Å²) >= 11 is 6.19. The third kappa shape index (κ3) is 1.72. The number of nitrogen functional groups attached to an aromatic ring is 1. The molecule has 0 bridgehead atoms. The van der Waals surface area contributed by atoms with Crippen LogP contribution in [0.2, 0.25) is 5.02 Å². The van der Waals surface area contributed by atoms with Crippen molar-refractivity contribution in [3.8, 4) is 16.9 Å².